The van der Waals surface area contributed by atoms with E-state index in [1.807, 2.05) is 39.5 Å². The third-order valence-corrected chi connectivity index (χ3v) is 4.94. The molecule has 1 aliphatic carbocycles. The monoisotopic (exact) mass is 333 g/mol. The number of carbonyl (C=O) groups is 1. The molecule has 24 heavy (non-hydrogen) atoms. The van der Waals surface area contributed by atoms with Crippen molar-refractivity contribution in [3.05, 3.63) is 17.6 Å². The zero-order valence-electron chi connectivity index (χ0n) is 15.2. The molecule has 1 aliphatic heterocycles. The molecule has 0 radical (unpaired) electrons. The van der Waals surface area contributed by atoms with Gasteiger partial charge in [-0.15, -0.1) is 0 Å². The highest BCUT2D eigenvalue weighted by atomic mass is 16.6. The molecule has 1 aromatic rings. The summed E-state index contributed by atoms with van der Waals surface area (Å²) in [7, 11) is 0. The topological polar surface area (TPSA) is 64.6 Å². The Kier molecular flexibility index (Phi) is 4.40. The molecule has 6 nitrogen and oxygen atoms in total. The van der Waals surface area contributed by atoms with Crippen molar-refractivity contribution in [2.24, 2.45) is 11.8 Å². The normalized spacial score (nSPS) is 26.4. The van der Waals surface area contributed by atoms with Crippen molar-refractivity contribution in [3.63, 3.8) is 0 Å². The third-order valence-electron chi connectivity index (χ3n) is 4.94. The van der Waals surface area contributed by atoms with E-state index < -0.39 is 5.60 Å². The minimum Gasteiger partial charge on any atom is -0.473 e. The molecular weight excluding hydrogens is 306 g/mol. The average molecular weight is 333 g/mol. The molecule has 2 bridgehead atoms. The Morgan fingerprint density at radius 3 is 2.38 bits per heavy atom. The molecule has 6 heteroatoms. The van der Waals surface area contributed by atoms with E-state index in [9.17, 15) is 4.79 Å². The number of carbonyl (C=O) groups excluding carboxylic acids is 1. The summed E-state index contributed by atoms with van der Waals surface area (Å²) < 4.78 is 11.8. The second-order valence-electron chi connectivity index (χ2n) is 7.95. The van der Waals surface area contributed by atoms with Gasteiger partial charge in [-0.3, -0.25) is 0 Å². The summed E-state index contributed by atoms with van der Waals surface area (Å²) >= 11 is 0. The summed E-state index contributed by atoms with van der Waals surface area (Å²) in [6.45, 7) is 11.0. The van der Waals surface area contributed by atoms with Crippen LogP contribution in [0.3, 0.4) is 0 Å². The van der Waals surface area contributed by atoms with Crippen LogP contribution >= 0.6 is 0 Å². The highest BCUT2D eigenvalue weighted by Crippen LogP contribution is 2.40. The number of rotatable bonds is 2. The van der Waals surface area contributed by atoms with E-state index in [0.717, 1.165) is 24.1 Å². The van der Waals surface area contributed by atoms with E-state index >= 15 is 0 Å². The maximum atomic E-state index is 12.3. The lowest BCUT2D eigenvalue weighted by molar-refractivity contribution is -0.00776. The largest absolute Gasteiger partial charge is 0.473 e. The van der Waals surface area contributed by atoms with E-state index in [0.29, 0.717) is 30.8 Å². The van der Waals surface area contributed by atoms with Crippen molar-refractivity contribution in [1.82, 2.24) is 14.9 Å². The summed E-state index contributed by atoms with van der Waals surface area (Å²) in [6, 6.07) is 0. The number of likely N-dealkylation sites (tertiary alicyclic amines) is 1. The molecule has 0 aromatic carbocycles. The van der Waals surface area contributed by atoms with E-state index in [2.05, 4.69) is 9.97 Å². The van der Waals surface area contributed by atoms with Crippen LogP contribution in [-0.4, -0.2) is 45.8 Å². The molecule has 2 aliphatic rings. The van der Waals surface area contributed by atoms with Crippen LogP contribution in [0, 0.1) is 25.7 Å². The molecule has 2 fully saturated rings. The fraction of sp³-hybridized carbons (Fsp3) is 0.722. The Labute approximate surface area is 143 Å². The van der Waals surface area contributed by atoms with Gasteiger partial charge in [0.25, 0.3) is 0 Å². The first-order chi connectivity index (χ1) is 11.2. The maximum absolute atomic E-state index is 12.3. The molecule has 1 aromatic heterocycles. The summed E-state index contributed by atoms with van der Waals surface area (Å²) in [5.74, 6) is 1.35. The van der Waals surface area contributed by atoms with Crippen molar-refractivity contribution in [2.45, 2.75) is 59.2 Å². The van der Waals surface area contributed by atoms with Crippen LogP contribution in [0.1, 0.15) is 44.9 Å². The van der Waals surface area contributed by atoms with Gasteiger partial charge in [-0.1, -0.05) is 0 Å². The van der Waals surface area contributed by atoms with Crippen LogP contribution in [0.5, 0.6) is 5.88 Å². The number of hydrogen-bond donors (Lipinski definition) is 0. The predicted octanol–water partition coefficient (Wildman–Crippen LogP) is 3.12. The number of aromatic nitrogens is 2. The van der Waals surface area contributed by atoms with Crippen LogP contribution < -0.4 is 4.74 Å². The van der Waals surface area contributed by atoms with Crippen molar-refractivity contribution >= 4 is 6.09 Å². The van der Waals surface area contributed by atoms with Gasteiger partial charge in [0.2, 0.25) is 5.88 Å². The molecule has 2 unspecified atom stereocenters. The Morgan fingerprint density at radius 1 is 1.17 bits per heavy atom. The highest BCUT2D eigenvalue weighted by molar-refractivity contribution is 5.68. The van der Waals surface area contributed by atoms with Crippen LogP contribution in [0.2, 0.25) is 0 Å². The lowest BCUT2D eigenvalue weighted by Gasteiger charge is -2.38. The molecular formula is C18H27N3O3. The first kappa shape index (κ1) is 17.0. The molecule has 1 amide bonds. The first-order valence-electron chi connectivity index (χ1n) is 8.67. The van der Waals surface area contributed by atoms with E-state index in [1.165, 1.54) is 0 Å². The molecule has 0 N–H and O–H groups in total. The number of nitrogens with zero attached hydrogens (tertiary/aromatic N) is 3. The summed E-state index contributed by atoms with van der Waals surface area (Å²) in [5, 5.41) is 0. The van der Waals surface area contributed by atoms with Gasteiger partial charge in [0.15, 0.2) is 0 Å². The van der Waals surface area contributed by atoms with Crippen LogP contribution in [-0.2, 0) is 4.74 Å². The number of hydrogen-bond acceptors (Lipinski definition) is 5. The molecule has 3 rings (SSSR count). The average Bonchev–Trinajstić information content (AvgIpc) is 2.71. The summed E-state index contributed by atoms with van der Waals surface area (Å²) in [6.07, 6.45) is 3.62. The van der Waals surface area contributed by atoms with Gasteiger partial charge in [0, 0.05) is 36.2 Å². The van der Waals surface area contributed by atoms with Crippen molar-refractivity contribution in [3.8, 4) is 5.88 Å². The van der Waals surface area contributed by atoms with Gasteiger partial charge >= 0.3 is 6.09 Å². The minimum absolute atomic E-state index is 0.122. The molecule has 0 spiro atoms. The predicted molar refractivity (Wildman–Crippen MR) is 89.9 cm³/mol. The standard InChI is InChI=1S/C18H27N3O3/c1-11-12(2)19-10-20-16(11)23-15-13-6-7-14(15)9-21(8-13)17(22)24-18(3,4)5/h10,13-15H,6-9H2,1-5H3. The van der Waals surface area contributed by atoms with Gasteiger partial charge in [0.05, 0.1) is 0 Å². The van der Waals surface area contributed by atoms with E-state index in [4.69, 9.17) is 9.47 Å². The number of ether oxygens (including phenoxy) is 2. The quantitative estimate of drug-likeness (QED) is 0.832. The smallest absolute Gasteiger partial charge is 0.410 e. The second kappa shape index (κ2) is 6.22. The van der Waals surface area contributed by atoms with E-state index in [-0.39, 0.29) is 12.2 Å². The van der Waals surface area contributed by atoms with Crippen LogP contribution in [0.4, 0.5) is 4.79 Å². The zero-order valence-corrected chi connectivity index (χ0v) is 15.2. The third kappa shape index (κ3) is 3.47. The Bertz CT molecular complexity index is 612. The molecule has 2 atom stereocenters. The van der Waals surface area contributed by atoms with Crippen molar-refractivity contribution in [1.29, 1.82) is 0 Å². The summed E-state index contributed by atoms with van der Waals surface area (Å²) in [5.41, 5.74) is 1.48. The fourth-order valence-corrected chi connectivity index (χ4v) is 3.60. The van der Waals surface area contributed by atoms with Crippen molar-refractivity contribution in [2.75, 3.05) is 13.1 Å². The van der Waals surface area contributed by atoms with Gasteiger partial charge in [0.1, 0.15) is 18.0 Å². The number of aryl methyl sites for hydroxylation is 1. The Morgan fingerprint density at radius 2 is 1.79 bits per heavy atom. The first-order valence-corrected chi connectivity index (χ1v) is 8.67. The highest BCUT2D eigenvalue weighted by Gasteiger charge is 2.46. The van der Waals surface area contributed by atoms with Gasteiger partial charge in [-0.2, -0.15) is 0 Å². The van der Waals surface area contributed by atoms with Crippen molar-refractivity contribution < 1.29 is 14.3 Å². The lowest BCUT2D eigenvalue weighted by atomic mass is 9.95. The molecule has 1 saturated carbocycles. The van der Waals surface area contributed by atoms with Gasteiger partial charge in [-0.05, 0) is 47.5 Å². The molecule has 2 heterocycles. The van der Waals surface area contributed by atoms with Crippen LogP contribution in [0.15, 0.2) is 6.33 Å². The summed E-state index contributed by atoms with van der Waals surface area (Å²) in [4.78, 5) is 22.7. The SMILES string of the molecule is Cc1ncnc(OC2C3CCC2CN(C(=O)OC(C)(C)C)C3)c1C. The zero-order chi connectivity index (χ0) is 17.5. The minimum atomic E-state index is -0.459. The maximum Gasteiger partial charge on any atom is 0.410 e. The van der Waals surface area contributed by atoms with Gasteiger partial charge in [-0.25, -0.2) is 14.8 Å². The molecule has 132 valence electrons. The van der Waals surface area contributed by atoms with E-state index in [1.54, 1.807) is 6.33 Å². The van der Waals surface area contributed by atoms with Crippen LogP contribution in [0.25, 0.3) is 0 Å². The second-order valence-corrected chi connectivity index (χ2v) is 7.95. The Hall–Kier alpha value is -1.85. The van der Waals surface area contributed by atoms with Gasteiger partial charge < -0.3 is 14.4 Å². The number of amides is 1. The Balaban J connectivity index is 1.68. The molecule has 1 saturated heterocycles. The number of piperidine rings is 1. The lowest BCUT2D eigenvalue weighted by Crippen LogP contribution is -2.50. The number of fused-ring (bicyclic) bond motifs is 2. The fourth-order valence-electron chi connectivity index (χ4n) is 3.60.